The van der Waals surface area contributed by atoms with Gasteiger partial charge in [-0.25, -0.2) is 0 Å². The predicted octanol–water partition coefficient (Wildman–Crippen LogP) is 0.317. The van der Waals surface area contributed by atoms with Crippen molar-refractivity contribution >= 4 is 0 Å². The van der Waals surface area contributed by atoms with E-state index in [1.165, 1.54) is 0 Å². The van der Waals surface area contributed by atoms with E-state index < -0.39 is 11.0 Å². The summed E-state index contributed by atoms with van der Waals surface area (Å²) in [7, 11) is 0. The molecule has 4 nitrogen and oxygen atoms in total. The zero-order valence-electron chi connectivity index (χ0n) is 9.07. The first kappa shape index (κ1) is 11.3. The van der Waals surface area contributed by atoms with Crippen LogP contribution in [-0.2, 0) is 9.47 Å². The third-order valence-electron chi connectivity index (χ3n) is 3.93. The smallest absolute Gasteiger partial charge is 0.0771 e. The first-order valence-corrected chi connectivity index (χ1v) is 5.71. The lowest BCUT2D eigenvalue weighted by Crippen LogP contribution is -2.51. The van der Waals surface area contributed by atoms with Crippen LogP contribution in [-0.4, -0.2) is 48.8 Å². The summed E-state index contributed by atoms with van der Waals surface area (Å²) in [4.78, 5) is 0. The highest BCUT2D eigenvalue weighted by Gasteiger charge is 2.52. The monoisotopic (exact) mass is 216 g/mol. The Labute approximate surface area is 90.2 Å². The molecule has 2 heterocycles. The second-order valence-corrected chi connectivity index (χ2v) is 4.74. The minimum Gasteiger partial charge on any atom is -0.396 e. The van der Waals surface area contributed by atoms with E-state index in [2.05, 4.69) is 0 Å². The second-order valence-electron chi connectivity index (χ2n) is 4.74. The molecule has 0 aromatic heterocycles. The highest BCUT2D eigenvalue weighted by molar-refractivity contribution is 5.01. The average molecular weight is 216 g/mol. The Morgan fingerprint density at radius 1 is 1.00 bits per heavy atom. The van der Waals surface area contributed by atoms with Gasteiger partial charge in [0, 0.05) is 31.7 Å². The van der Waals surface area contributed by atoms with Crippen LogP contribution in [0.1, 0.15) is 25.7 Å². The zero-order valence-corrected chi connectivity index (χ0v) is 9.07. The molecular weight excluding hydrogens is 196 g/mol. The van der Waals surface area contributed by atoms with Gasteiger partial charge in [0.2, 0.25) is 0 Å². The molecule has 0 aliphatic carbocycles. The van der Waals surface area contributed by atoms with Crippen molar-refractivity contribution in [3.05, 3.63) is 0 Å². The molecule has 2 N–H and O–H groups in total. The van der Waals surface area contributed by atoms with E-state index in [1.807, 2.05) is 0 Å². The lowest BCUT2D eigenvalue weighted by atomic mass is 9.68. The van der Waals surface area contributed by atoms with Crippen LogP contribution < -0.4 is 0 Å². The van der Waals surface area contributed by atoms with E-state index in [0.717, 1.165) is 12.8 Å². The van der Waals surface area contributed by atoms with Gasteiger partial charge in [-0.2, -0.15) is 0 Å². The lowest BCUT2D eigenvalue weighted by Gasteiger charge is -2.42. The number of aliphatic hydroxyl groups is 2. The van der Waals surface area contributed by atoms with Crippen LogP contribution in [0.4, 0.5) is 0 Å². The van der Waals surface area contributed by atoms with Crippen molar-refractivity contribution in [3.8, 4) is 0 Å². The third kappa shape index (κ3) is 1.91. The molecule has 0 aromatic rings. The molecule has 0 saturated carbocycles. The molecule has 0 radical (unpaired) electrons. The van der Waals surface area contributed by atoms with E-state index >= 15 is 0 Å². The quantitative estimate of drug-likeness (QED) is 0.698. The Balaban J connectivity index is 2.16. The molecular formula is C11H20O4. The predicted molar refractivity (Wildman–Crippen MR) is 54.6 cm³/mol. The van der Waals surface area contributed by atoms with Gasteiger partial charge in [0.15, 0.2) is 0 Å². The van der Waals surface area contributed by atoms with Gasteiger partial charge in [-0.15, -0.1) is 0 Å². The Bertz CT molecular complexity index is 203. The van der Waals surface area contributed by atoms with Crippen molar-refractivity contribution < 1.29 is 19.7 Å². The molecule has 2 aliphatic heterocycles. The Hall–Kier alpha value is -0.160. The van der Waals surface area contributed by atoms with Crippen molar-refractivity contribution in [3.63, 3.8) is 0 Å². The molecule has 2 unspecified atom stereocenters. The van der Waals surface area contributed by atoms with E-state index in [-0.39, 0.29) is 6.61 Å². The van der Waals surface area contributed by atoms with Crippen molar-refractivity contribution in [2.45, 2.75) is 31.3 Å². The fourth-order valence-electron chi connectivity index (χ4n) is 2.71. The maximum Gasteiger partial charge on any atom is 0.0771 e. The second kappa shape index (κ2) is 4.37. The molecule has 2 rings (SSSR count). The van der Waals surface area contributed by atoms with Gasteiger partial charge in [-0.05, 0) is 19.3 Å². The van der Waals surface area contributed by atoms with Crippen LogP contribution in [0.15, 0.2) is 0 Å². The Morgan fingerprint density at radius 3 is 2.47 bits per heavy atom. The summed E-state index contributed by atoms with van der Waals surface area (Å²) in [5.41, 5.74) is -1.27. The zero-order chi connectivity index (χ0) is 10.8. The van der Waals surface area contributed by atoms with Crippen LogP contribution in [0.2, 0.25) is 0 Å². The fraction of sp³-hybridized carbons (Fsp3) is 1.00. The third-order valence-corrected chi connectivity index (χ3v) is 3.93. The van der Waals surface area contributed by atoms with Crippen LogP contribution >= 0.6 is 0 Å². The lowest BCUT2D eigenvalue weighted by molar-refractivity contribution is -0.120. The maximum absolute atomic E-state index is 10.7. The summed E-state index contributed by atoms with van der Waals surface area (Å²) in [5, 5.41) is 20.2. The molecule has 15 heavy (non-hydrogen) atoms. The van der Waals surface area contributed by atoms with Crippen molar-refractivity contribution in [2.75, 3.05) is 33.0 Å². The van der Waals surface area contributed by atoms with Gasteiger partial charge < -0.3 is 19.7 Å². The number of hydrogen-bond donors (Lipinski definition) is 2. The first-order valence-electron chi connectivity index (χ1n) is 5.71. The van der Waals surface area contributed by atoms with Gasteiger partial charge in [0.25, 0.3) is 0 Å². The highest BCUT2D eigenvalue weighted by atomic mass is 16.5. The summed E-state index contributed by atoms with van der Waals surface area (Å²) >= 11 is 0. The van der Waals surface area contributed by atoms with Crippen LogP contribution in [0.5, 0.6) is 0 Å². The van der Waals surface area contributed by atoms with E-state index in [9.17, 15) is 10.2 Å². The minimum atomic E-state index is -0.811. The standard InChI is InChI=1S/C11H20O4/c12-8-10(3-6-15-9-10)11(13)2-1-5-14-7-4-11/h12-13H,1-9H2. The molecule has 2 aliphatic rings. The normalized spacial score (nSPS) is 42.8. The van der Waals surface area contributed by atoms with Gasteiger partial charge in [-0.3, -0.25) is 0 Å². The van der Waals surface area contributed by atoms with E-state index in [1.54, 1.807) is 0 Å². The SMILES string of the molecule is OCC1(C2(O)CCCOCC2)CCOC1. The van der Waals surface area contributed by atoms with Crippen LogP contribution in [0, 0.1) is 5.41 Å². The summed E-state index contributed by atoms with van der Waals surface area (Å²) in [6.07, 6.45) is 2.92. The van der Waals surface area contributed by atoms with Gasteiger partial charge in [0.1, 0.15) is 0 Å². The average Bonchev–Trinajstić information content (AvgIpc) is 2.64. The Morgan fingerprint density at radius 2 is 1.80 bits per heavy atom. The summed E-state index contributed by atoms with van der Waals surface area (Å²) in [6, 6.07) is 0. The van der Waals surface area contributed by atoms with E-state index in [0.29, 0.717) is 39.3 Å². The molecule has 0 bridgehead atoms. The van der Waals surface area contributed by atoms with E-state index in [4.69, 9.17) is 9.47 Å². The van der Waals surface area contributed by atoms with Crippen molar-refractivity contribution in [1.82, 2.24) is 0 Å². The van der Waals surface area contributed by atoms with Gasteiger partial charge in [-0.1, -0.05) is 0 Å². The molecule has 2 saturated heterocycles. The molecule has 88 valence electrons. The molecule has 2 fully saturated rings. The molecule has 2 atom stereocenters. The molecule has 0 spiro atoms. The van der Waals surface area contributed by atoms with Gasteiger partial charge >= 0.3 is 0 Å². The number of hydrogen-bond acceptors (Lipinski definition) is 4. The summed E-state index contributed by atoms with van der Waals surface area (Å²) in [5.74, 6) is 0. The number of rotatable bonds is 2. The maximum atomic E-state index is 10.7. The Kier molecular flexibility index (Phi) is 3.30. The summed E-state index contributed by atoms with van der Waals surface area (Å²) < 4.78 is 10.7. The molecule has 4 heteroatoms. The van der Waals surface area contributed by atoms with Gasteiger partial charge in [0.05, 0.1) is 18.8 Å². The minimum absolute atomic E-state index is 0.00347. The van der Waals surface area contributed by atoms with Crippen LogP contribution in [0.3, 0.4) is 0 Å². The first-order chi connectivity index (χ1) is 7.22. The topological polar surface area (TPSA) is 58.9 Å². The number of aliphatic hydroxyl groups excluding tert-OH is 1. The van der Waals surface area contributed by atoms with Crippen molar-refractivity contribution in [1.29, 1.82) is 0 Å². The molecule has 0 amide bonds. The molecule has 0 aromatic carbocycles. The largest absolute Gasteiger partial charge is 0.396 e. The van der Waals surface area contributed by atoms with Crippen LogP contribution in [0.25, 0.3) is 0 Å². The van der Waals surface area contributed by atoms with Crippen molar-refractivity contribution in [2.24, 2.45) is 5.41 Å². The highest BCUT2D eigenvalue weighted by Crippen LogP contribution is 2.44. The fourth-order valence-corrected chi connectivity index (χ4v) is 2.71. The number of ether oxygens (including phenoxy) is 2. The summed E-state index contributed by atoms with van der Waals surface area (Å²) in [6.45, 7) is 2.41.